The molecular formula is C12H15FIN3O. The normalized spacial score (nSPS) is 11.6. The number of hydrogen-bond acceptors (Lipinski definition) is 3. The molecule has 0 fully saturated rings. The first-order chi connectivity index (χ1) is 8.49. The second-order valence-corrected chi connectivity index (χ2v) is 5.46. The standard InChI is InChI=1S/C12H15FIN3O/c1-7(2)18-4-3-17-11-5-8(13)9(14)6-10(11)16-12(17)15/h5-7H,3-4H2,1-2H3,(H2,15,16). The van der Waals surface area contributed by atoms with Crippen molar-refractivity contribution in [1.82, 2.24) is 9.55 Å². The number of anilines is 1. The second-order valence-electron chi connectivity index (χ2n) is 4.30. The Morgan fingerprint density at radius 2 is 2.22 bits per heavy atom. The molecule has 0 amide bonds. The highest BCUT2D eigenvalue weighted by atomic mass is 127. The van der Waals surface area contributed by atoms with Gasteiger partial charge in [-0.1, -0.05) is 0 Å². The molecule has 0 aliphatic rings. The molecule has 0 atom stereocenters. The van der Waals surface area contributed by atoms with Crippen molar-refractivity contribution >= 4 is 39.6 Å². The number of benzene rings is 1. The van der Waals surface area contributed by atoms with Gasteiger partial charge in [0.1, 0.15) is 5.82 Å². The molecule has 0 aliphatic heterocycles. The maximum atomic E-state index is 13.6. The van der Waals surface area contributed by atoms with Crippen LogP contribution in [-0.4, -0.2) is 22.3 Å². The minimum atomic E-state index is -0.256. The second kappa shape index (κ2) is 5.40. The molecule has 0 bridgehead atoms. The van der Waals surface area contributed by atoms with Crippen molar-refractivity contribution in [1.29, 1.82) is 0 Å². The molecule has 1 heterocycles. The number of nitrogen functional groups attached to an aromatic ring is 1. The van der Waals surface area contributed by atoms with Gasteiger partial charge in [0.05, 0.1) is 27.3 Å². The van der Waals surface area contributed by atoms with Crippen LogP contribution in [0.1, 0.15) is 13.8 Å². The van der Waals surface area contributed by atoms with Gasteiger partial charge in [-0.2, -0.15) is 0 Å². The molecule has 0 saturated heterocycles. The fourth-order valence-corrected chi connectivity index (χ4v) is 2.20. The van der Waals surface area contributed by atoms with Gasteiger partial charge in [0.25, 0.3) is 0 Å². The van der Waals surface area contributed by atoms with Gasteiger partial charge in [-0.3, -0.25) is 0 Å². The summed E-state index contributed by atoms with van der Waals surface area (Å²) in [6.07, 6.45) is 0.165. The Bertz CT molecular complexity index is 568. The third kappa shape index (κ3) is 2.74. The SMILES string of the molecule is CC(C)OCCn1c(N)nc2cc(I)c(F)cc21. The van der Waals surface area contributed by atoms with Crippen LogP contribution in [0.15, 0.2) is 12.1 Å². The first kappa shape index (κ1) is 13.5. The molecule has 0 unspecified atom stereocenters. The van der Waals surface area contributed by atoms with Crippen LogP contribution in [0.3, 0.4) is 0 Å². The number of hydrogen-bond donors (Lipinski definition) is 1. The van der Waals surface area contributed by atoms with Gasteiger partial charge in [0.15, 0.2) is 0 Å². The summed E-state index contributed by atoms with van der Waals surface area (Å²) in [6.45, 7) is 5.04. The molecule has 1 aromatic heterocycles. The molecule has 2 rings (SSSR count). The number of ether oxygens (including phenoxy) is 1. The molecule has 0 saturated carbocycles. The minimum Gasteiger partial charge on any atom is -0.377 e. The topological polar surface area (TPSA) is 53.1 Å². The van der Waals surface area contributed by atoms with Crippen LogP contribution in [0, 0.1) is 9.39 Å². The molecule has 0 spiro atoms. The summed E-state index contributed by atoms with van der Waals surface area (Å²) in [5, 5.41) is 0. The highest BCUT2D eigenvalue weighted by molar-refractivity contribution is 14.1. The van der Waals surface area contributed by atoms with E-state index in [1.165, 1.54) is 6.07 Å². The van der Waals surface area contributed by atoms with Crippen LogP contribution >= 0.6 is 22.6 Å². The molecule has 0 aliphatic carbocycles. The quantitative estimate of drug-likeness (QED) is 0.850. The number of nitrogens with zero attached hydrogens (tertiary/aromatic N) is 2. The zero-order chi connectivity index (χ0) is 13.3. The van der Waals surface area contributed by atoms with E-state index in [0.29, 0.717) is 33.7 Å². The zero-order valence-corrected chi connectivity index (χ0v) is 12.4. The number of rotatable bonds is 4. The summed E-state index contributed by atoms with van der Waals surface area (Å²) in [4.78, 5) is 4.23. The lowest BCUT2D eigenvalue weighted by Gasteiger charge is -2.09. The Morgan fingerprint density at radius 1 is 1.50 bits per heavy atom. The number of fused-ring (bicyclic) bond motifs is 1. The van der Waals surface area contributed by atoms with E-state index in [9.17, 15) is 4.39 Å². The maximum absolute atomic E-state index is 13.6. The number of imidazole rings is 1. The van der Waals surface area contributed by atoms with Crippen molar-refractivity contribution in [3.05, 3.63) is 21.5 Å². The summed E-state index contributed by atoms with van der Waals surface area (Å²) >= 11 is 1.94. The van der Waals surface area contributed by atoms with Gasteiger partial charge in [0.2, 0.25) is 5.95 Å². The molecule has 1 aromatic carbocycles. The summed E-state index contributed by atoms with van der Waals surface area (Å²) in [5.74, 6) is 0.132. The molecule has 98 valence electrons. The highest BCUT2D eigenvalue weighted by Gasteiger charge is 2.11. The van der Waals surface area contributed by atoms with Gasteiger partial charge in [0, 0.05) is 12.6 Å². The predicted molar refractivity (Wildman–Crippen MR) is 77.9 cm³/mol. The van der Waals surface area contributed by atoms with E-state index in [2.05, 4.69) is 4.98 Å². The Kier molecular flexibility index (Phi) is 4.06. The molecule has 18 heavy (non-hydrogen) atoms. The number of aromatic nitrogens is 2. The lowest BCUT2D eigenvalue weighted by molar-refractivity contribution is 0.0735. The molecule has 2 N–H and O–H groups in total. The van der Waals surface area contributed by atoms with E-state index in [-0.39, 0.29) is 11.9 Å². The summed E-state index contributed by atoms with van der Waals surface area (Å²) < 4.78 is 21.4. The summed E-state index contributed by atoms with van der Waals surface area (Å²) in [6, 6.07) is 3.16. The Balaban J connectivity index is 2.31. The summed E-state index contributed by atoms with van der Waals surface area (Å²) in [7, 11) is 0. The van der Waals surface area contributed by atoms with E-state index in [1.807, 2.05) is 36.4 Å². The lowest BCUT2D eigenvalue weighted by atomic mass is 10.3. The van der Waals surface area contributed by atoms with E-state index >= 15 is 0 Å². The lowest BCUT2D eigenvalue weighted by Crippen LogP contribution is -2.12. The van der Waals surface area contributed by atoms with Crippen LogP contribution in [0.2, 0.25) is 0 Å². The van der Waals surface area contributed by atoms with E-state index in [0.717, 1.165) is 0 Å². The molecule has 4 nitrogen and oxygen atoms in total. The van der Waals surface area contributed by atoms with Crippen molar-refractivity contribution in [2.24, 2.45) is 0 Å². The molecule has 0 radical (unpaired) electrons. The highest BCUT2D eigenvalue weighted by Crippen LogP contribution is 2.22. The zero-order valence-electron chi connectivity index (χ0n) is 10.3. The number of halogens is 2. The number of nitrogens with two attached hydrogens (primary N) is 1. The average molecular weight is 363 g/mol. The summed E-state index contributed by atoms with van der Waals surface area (Å²) in [5.41, 5.74) is 7.26. The fraction of sp³-hybridized carbons (Fsp3) is 0.417. The first-order valence-electron chi connectivity index (χ1n) is 5.71. The molecular weight excluding hydrogens is 348 g/mol. The van der Waals surface area contributed by atoms with Crippen molar-refractivity contribution in [3.8, 4) is 0 Å². The van der Waals surface area contributed by atoms with Crippen LogP contribution in [0.5, 0.6) is 0 Å². The van der Waals surface area contributed by atoms with Crippen molar-refractivity contribution in [2.75, 3.05) is 12.3 Å². The van der Waals surface area contributed by atoms with Crippen LogP contribution in [0.25, 0.3) is 11.0 Å². The van der Waals surface area contributed by atoms with E-state index < -0.39 is 0 Å². The van der Waals surface area contributed by atoms with Crippen LogP contribution in [-0.2, 0) is 11.3 Å². The maximum Gasteiger partial charge on any atom is 0.201 e. The van der Waals surface area contributed by atoms with Gasteiger partial charge >= 0.3 is 0 Å². The van der Waals surface area contributed by atoms with Crippen molar-refractivity contribution in [2.45, 2.75) is 26.5 Å². The Hall–Kier alpha value is -0.890. The average Bonchev–Trinajstić information content (AvgIpc) is 2.56. The van der Waals surface area contributed by atoms with Crippen LogP contribution in [0.4, 0.5) is 10.3 Å². The van der Waals surface area contributed by atoms with E-state index in [4.69, 9.17) is 10.5 Å². The van der Waals surface area contributed by atoms with Crippen LogP contribution < -0.4 is 5.73 Å². The minimum absolute atomic E-state index is 0.165. The predicted octanol–water partition coefficient (Wildman–Crippen LogP) is 2.79. The van der Waals surface area contributed by atoms with Gasteiger partial charge < -0.3 is 15.0 Å². The monoisotopic (exact) mass is 363 g/mol. The largest absolute Gasteiger partial charge is 0.377 e. The van der Waals surface area contributed by atoms with Gasteiger partial charge in [-0.15, -0.1) is 0 Å². The third-order valence-corrected chi connectivity index (χ3v) is 3.41. The van der Waals surface area contributed by atoms with E-state index in [1.54, 1.807) is 10.6 Å². The van der Waals surface area contributed by atoms with Gasteiger partial charge in [-0.05, 0) is 42.5 Å². The third-order valence-electron chi connectivity index (χ3n) is 2.59. The molecule has 2 aromatic rings. The van der Waals surface area contributed by atoms with Gasteiger partial charge in [-0.25, -0.2) is 9.37 Å². The first-order valence-corrected chi connectivity index (χ1v) is 6.79. The smallest absolute Gasteiger partial charge is 0.201 e. The van der Waals surface area contributed by atoms with Crippen molar-refractivity contribution < 1.29 is 9.13 Å². The van der Waals surface area contributed by atoms with Crippen molar-refractivity contribution in [3.63, 3.8) is 0 Å². The fourth-order valence-electron chi connectivity index (χ4n) is 1.75. The Labute approximate surface area is 118 Å². The Morgan fingerprint density at radius 3 is 2.89 bits per heavy atom. The molecule has 6 heteroatoms.